The lowest BCUT2D eigenvalue weighted by atomic mass is 10.00. The van der Waals surface area contributed by atoms with Crippen LogP contribution in [-0.4, -0.2) is 53.2 Å². The maximum absolute atomic E-state index is 5.46. The van der Waals surface area contributed by atoms with E-state index in [4.69, 9.17) is 34.9 Å². The first-order valence-corrected chi connectivity index (χ1v) is 37.7. The monoisotopic (exact) mass is 1430 g/mol. The SMILES string of the molecule is c1ccc(-c2cc(-c3cccc(-n4c5cc(-c6cccc7c8ccccc8n(-c8ccccc8)c67)ccc5c5ncccc54)c3)nc(-c3ccc(-c4cccc(-n5c6ccccc6c6cccc(-c7ccc8c9ncccc9n(-c9cccc(-c%10nc(-c%11ccccc%11)nc(-c%11ccccc%11)n%10)c9)c8c7)c65)c4)cc3)n2)cc1. The van der Waals surface area contributed by atoms with Crippen molar-refractivity contribution in [3.63, 3.8) is 0 Å². The summed E-state index contributed by atoms with van der Waals surface area (Å²) < 4.78 is 9.53. The zero-order valence-electron chi connectivity index (χ0n) is 60.3. The van der Waals surface area contributed by atoms with Crippen molar-refractivity contribution in [3.05, 3.63) is 382 Å². The number of hydrogen-bond acceptors (Lipinski definition) is 7. The molecule has 0 radical (unpaired) electrons. The van der Waals surface area contributed by atoms with Crippen molar-refractivity contribution in [1.29, 1.82) is 0 Å². The van der Waals surface area contributed by atoms with E-state index in [-0.39, 0.29) is 0 Å². The van der Waals surface area contributed by atoms with Crippen molar-refractivity contribution in [2.75, 3.05) is 0 Å². The van der Waals surface area contributed by atoms with Gasteiger partial charge in [0.05, 0.1) is 66.6 Å². The van der Waals surface area contributed by atoms with Gasteiger partial charge in [-0.25, -0.2) is 24.9 Å². The smallest absolute Gasteiger partial charge is 0.164 e. The van der Waals surface area contributed by atoms with E-state index in [1.807, 2.05) is 91.3 Å². The van der Waals surface area contributed by atoms with Crippen LogP contribution in [0.4, 0.5) is 0 Å². The van der Waals surface area contributed by atoms with Gasteiger partial charge in [0, 0.05) is 112 Å². The lowest BCUT2D eigenvalue weighted by Gasteiger charge is -2.14. The highest BCUT2D eigenvalue weighted by molar-refractivity contribution is 6.17. The minimum Gasteiger partial charge on any atom is -0.309 e. The van der Waals surface area contributed by atoms with Gasteiger partial charge in [-0.1, -0.05) is 255 Å². The topological polar surface area (TPSA) is 110 Å². The Morgan fingerprint density at radius 3 is 1.08 bits per heavy atom. The average Bonchev–Trinajstić information content (AvgIpc) is 1.57. The second-order valence-electron chi connectivity index (χ2n) is 28.4. The van der Waals surface area contributed by atoms with Gasteiger partial charge in [0.1, 0.15) is 0 Å². The van der Waals surface area contributed by atoms with E-state index in [9.17, 15) is 0 Å². The molecule has 0 aliphatic carbocycles. The zero-order valence-corrected chi connectivity index (χ0v) is 60.3. The van der Waals surface area contributed by atoms with Crippen LogP contribution in [0.15, 0.2) is 382 Å². The molecule has 0 saturated carbocycles. The number of fused-ring (bicyclic) bond motifs is 12. The molecule has 0 fully saturated rings. The molecule has 22 rings (SSSR count). The van der Waals surface area contributed by atoms with Gasteiger partial charge in [-0.05, 0) is 138 Å². The summed E-state index contributed by atoms with van der Waals surface area (Å²) in [7, 11) is 0. The van der Waals surface area contributed by atoms with Crippen LogP contribution in [0.1, 0.15) is 0 Å². The number of benzene rings is 14. The van der Waals surface area contributed by atoms with Crippen molar-refractivity contribution >= 4 is 87.5 Å². The predicted octanol–water partition coefficient (Wildman–Crippen LogP) is 24.8. The Morgan fingerprint density at radius 2 is 0.536 bits per heavy atom. The minimum atomic E-state index is 0.586. The van der Waals surface area contributed by atoms with Crippen LogP contribution >= 0.6 is 0 Å². The molecule has 8 aromatic heterocycles. The van der Waals surface area contributed by atoms with Crippen LogP contribution < -0.4 is 0 Å². The summed E-state index contributed by atoms with van der Waals surface area (Å²) in [6.45, 7) is 0. The van der Waals surface area contributed by atoms with Crippen molar-refractivity contribution in [2.24, 2.45) is 0 Å². The van der Waals surface area contributed by atoms with E-state index in [1.54, 1.807) is 0 Å². The number of rotatable bonds is 13. The number of hydrogen-bond donors (Lipinski definition) is 0. The second-order valence-corrected chi connectivity index (χ2v) is 28.4. The Hall–Kier alpha value is -15.3. The van der Waals surface area contributed by atoms with Crippen LogP contribution in [0, 0.1) is 0 Å². The number of aromatic nitrogens is 11. The Bertz CT molecular complexity index is 7430. The van der Waals surface area contributed by atoms with Crippen LogP contribution in [0.5, 0.6) is 0 Å². The summed E-state index contributed by atoms with van der Waals surface area (Å²) in [5.41, 5.74) is 28.4. The van der Waals surface area contributed by atoms with E-state index in [0.29, 0.717) is 23.3 Å². The van der Waals surface area contributed by atoms with E-state index in [2.05, 4.69) is 309 Å². The molecule has 0 saturated heterocycles. The van der Waals surface area contributed by atoms with Gasteiger partial charge in [-0.3, -0.25) is 9.97 Å². The quantitative estimate of drug-likeness (QED) is 0.113. The molecule has 14 aromatic carbocycles. The third-order valence-corrected chi connectivity index (χ3v) is 21.9. The number of nitrogens with zero attached hydrogens (tertiary/aromatic N) is 11. The molecule has 0 amide bonds. The van der Waals surface area contributed by atoms with E-state index < -0.39 is 0 Å². The van der Waals surface area contributed by atoms with Crippen molar-refractivity contribution in [2.45, 2.75) is 0 Å². The molecule has 0 N–H and O–H groups in total. The highest BCUT2D eigenvalue weighted by Gasteiger charge is 2.24. The molecule has 0 bridgehead atoms. The zero-order chi connectivity index (χ0) is 73.7. The predicted molar refractivity (Wildman–Crippen MR) is 457 cm³/mol. The van der Waals surface area contributed by atoms with Crippen LogP contribution in [0.25, 0.3) is 212 Å². The van der Waals surface area contributed by atoms with Gasteiger partial charge in [0.2, 0.25) is 0 Å². The van der Waals surface area contributed by atoms with Crippen molar-refractivity contribution in [3.8, 4) is 124 Å². The summed E-state index contributed by atoms with van der Waals surface area (Å²) in [6.07, 6.45) is 3.77. The molecule has 22 aromatic rings. The standard InChI is InChI=1S/C101H63N11/c1-5-24-65(25-6-1)86-63-87(72-31-18-35-75(59-72)109-90-46-22-56-102-94(90)84-54-52-70(61-92(84)109)78-40-20-42-82-80-38-13-15-44-88(80)111(96(78)82)74-33-11-4-12-34-74)105-98(104-86)68-50-48-64(49-51-68)69-30-17-37-77(58-69)112-89-45-16-14-39-81(89)83-43-21-41-79(97(83)112)71-53-55-85-93(62-71)110(91-47-23-57-103-95(85)91)76-36-19-32-73(60-76)101-107-99(66-26-7-2-8-27-66)106-100(108-101)67-28-9-3-10-29-67/h1-63H. The summed E-state index contributed by atoms with van der Waals surface area (Å²) >= 11 is 0. The molecule has 112 heavy (non-hydrogen) atoms. The normalized spacial score (nSPS) is 11.8. The van der Waals surface area contributed by atoms with Crippen molar-refractivity contribution < 1.29 is 0 Å². The number of para-hydroxylation sites is 5. The first-order valence-electron chi connectivity index (χ1n) is 37.7. The molecule has 0 aliphatic rings. The number of pyridine rings is 2. The Morgan fingerprint density at radius 1 is 0.179 bits per heavy atom. The Kier molecular flexibility index (Phi) is 15.0. The van der Waals surface area contributed by atoms with Gasteiger partial charge < -0.3 is 18.3 Å². The largest absolute Gasteiger partial charge is 0.309 e. The average molecular weight is 1430 g/mol. The first-order chi connectivity index (χ1) is 55.5. The van der Waals surface area contributed by atoms with E-state index in [1.165, 1.54) is 27.2 Å². The lowest BCUT2D eigenvalue weighted by molar-refractivity contribution is 1.07. The van der Waals surface area contributed by atoms with Gasteiger partial charge in [0.25, 0.3) is 0 Å². The van der Waals surface area contributed by atoms with Crippen LogP contribution in [0.3, 0.4) is 0 Å². The van der Waals surface area contributed by atoms with Gasteiger partial charge >= 0.3 is 0 Å². The van der Waals surface area contributed by atoms with Gasteiger partial charge in [-0.15, -0.1) is 0 Å². The van der Waals surface area contributed by atoms with E-state index in [0.717, 1.165) is 161 Å². The molecule has 0 atom stereocenters. The summed E-state index contributed by atoms with van der Waals surface area (Å²) in [5.74, 6) is 2.44. The Balaban J connectivity index is 0.622. The third-order valence-electron chi connectivity index (χ3n) is 21.9. The molecule has 0 spiro atoms. The molecule has 0 aliphatic heterocycles. The van der Waals surface area contributed by atoms with Crippen LogP contribution in [-0.2, 0) is 0 Å². The fraction of sp³-hybridized carbons (Fsp3) is 0. The second kappa shape index (κ2) is 26.3. The highest BCUT2D eigenvalue weighted by atomic mass is 15.1. The van der Waals surface area contributed by atoms with Crippen LogP contribution in [0.2, 0.25) is 0 Å². The minimum absolute atomic E-state index is 0.586. The van der Waals surface area contributed by atoms with E-state index >= 15 is 0 Å². The summed E-state index contributed by atoms with van der Waals surface area (Å²) in [4.78, 5) is 36.1. The van der Waals surface area contributed by atoms with Gasteiger partial charge in [-0.2, -0.15) is 0 Å². The maximum atomic E-state index is 5.46. The fourth-order valence-corrected chi connectivity index (χ4v) is 16.8. The lowest BCUT2D eigenvalue weighted by Crippen LogP contribution is -2.01. The first kappa shape index (κ1) is 63.9. The van der Waals surface area contributed by atoms with Crippen molar-refractivity contribution in [1.82, 2.24) is 53.2 Å². The summed E-state index contributed by atoms with van der Waals surface area (Å²) in [6, 6.07) is 131. The fourth-order valence-electron chi connectivity index (χ4n) is 16.8. The summed E-state index contributed by atoms with van der Waals surface area (Å²) in [5, 5.41) is 6.89. The molecular formula is C101H63N11. The highest BCUT2D eigenvalue weighted by Crippen LogP contribution is 2.45. The molecule has 11 heteroatoms. The molecular weight excluding hydrogens is 1370 g/mol. The molecule has 0 unspecified atom stereocenters. The third kappa shape index (κ3) is 10.7. The molecule has 8 heterocycles. The van der Waals surface area contributed by atoms with Gasteiger partial charge in [0.15, 0.2) is 23.3 Å². The molecule has 11 nitrogen and oxygen atoms in total. The maximum Gasteiger partial charge on any atom is 0.164 e. The Labute approximate surface area is 643 Å². The molecule has 522 valence electrons.